The average Bonchev–Trinajstić information content (AvgIpc) is 2.95. The van der Waals surface area contributed by atoms with E-state index in [1.165, 1.54) is 32.1 Å². The Hall–Kier alpha value is -0.760. The number of hydrogen-bond donors (Lipinski definition) is 1. The van der Waals surface area contributed by atoms with Crippen molar-refractivity contribution in [3.63, 3.8) is 0 Å². The zero-order valence-corrected chi connectivity index (χ0v) is 10.3. The van der Waals surface area contributed by atoms with Crippen molar-refractivity contribution in [2.45, 2.75) is 52.0 Å². The van der Waals surface area contributed by atoms with Crippen molar-refractivity contribution in [3.8, 4) is 0 Å². The normalized spacial score (nSPS) is 17.1. The van der Waals surface area contributed by atoms with E-state index in [1.807, 2.05) is 0 Å². The molecule has 1 saturated carbocycles. The second-order valence-corrected chi connectivity index (χ2v) is 4.84. The lowest BCUT2D eigenvalue weighted by atomic mass is 10.0. The van der Waals surface area contributed by atoms with Crippen LogP contribution in [0.3, 0.4) is 0 Å². The van der Waals surface area contributed by atoms with Crippen LogP contribution in [0.25, 0.3) is 0 Å². The van der Waals surface area contributed by atoms with Crippen molar-refractivity contribution >= 4 is 0 Å². The van der Waals surface area contributed by atoms with Crippen LogP contribution < -0.4 is 5.32 Å². The van der Waals surface area contributed by atoms with Gasteiger partial charge in [0.2, 0.25) is 0 Å². The molecule has 0 saturated heterocycles. The zero-order valence-electron chi connectivity index (χ0n) is 10.3. The van der Waals surface area contributed by atoms with Gasteiger partial charge in [0.15, 0.2) is 0 Å². The number of hydrogen-bond acceptors (Lipinski definition) is 2. The molecule has 1 aliphatic carbocycles. The molecule has 90 valence electrons. The van der Waals surface area contributed by atoms with Crippen LogP contribution in [0, 0.1) is 5.92 Å². The first-order valence-electron chi connectivity index (χ1n) is 6.66. The van der Waals surface area contributed by atoms with E-state index >= 15 is 0 Å². The predicted molar refractivity (Wildman–Crippen MR) is 66.4 cm³/mol. The van der Waals surface area contributed by atoms with E-state index in [9.17, 15) is 0 Å². The molecule has 2 rings (SSSR count). The van der Waals surface area contributed by atoms with E-state index in [2.05, 4.69) is 24.4 Å². The number of furan rings is 1. The molecule has 1 N–H and O–H groups in total. The van der Waals surface area contributed by atoms with Gasteiger partial charge in [-0.1, -0.05) is 32.6 Å². The smallest absolute Gasteiger partial charge is 0.117 e. The van der Waals surface area contributed by atoms with E-state index in [0.29, 0.717) is 0 Å². The lowest BCUT2D eigenvalue weighted by Gasteiger charge is -2.08. The third-order valence-electron chi connectivity index (χ3n) is 3.57. The Bertz CT molecular complexity index is 299. The van der Waals surface area contributed by atoms with Gasteiger partial charge >= 0.3 is 0 Å². The summed E-state index contributed by atoms with van der Waals surface area (Å²) in [6.45, 7) is 4.13. The monoisotopic (exact) mass is 221 g/mol. The van der Waals surface area contributed by atoms with E-state index in [1.54, 1.807) is 0 Å². The minimum absolute atomic E-state index is 0.882. The summed E-state index contributed by atoms with van der Waals surface area (Å²) in [7, 11) is 0. The van der Waals surface area contributed by atoms with Gasteiger partial charge in [-0.05, 0) is 31.0 Å². The van der Waals surface area contributed by atoms with Crippen LogP contribution in [0.1, 0.15) is 50.5 Å². The largest absolute Gasteiger partial charge is 0.465 e. The van der Waals surface area contributed by atoms with Gasteiger partial charge < -0.3 is 9.73 Å². The van der Waals surface area contributed by atoms with Gasteiger partial charge in [-0.25, -0.2) is 0 Å². The Morgan fingerprint density at radius 1 is 1.25 bits per heavy atom. The van der Waals surface area contributed by atoms with Gasteiger partial charge in [0.25, 0.3) is 0 Å². The first-order chi connectivity index (χ1) is 7.88. The second-order valence-electron chi connectivity index (χ2n) is 4.84. The molecule has 2 nitrogen and oxygen atoms in total. The van der Waals surface area contributed by atoms with Crippen molar-refractivity contribution in [1.29, 1.82) is 0 Å². The molecule has 1 aliphatic rings. The summed E-state index contributed by atoms with van der Waals surface area (Å²) in [5.74, 6) is 3.14. The maximum atomic E-state index is 5.64. The van der Waals surface area contributed by atoms with E-state index in [0.717, 1.165) is 36.9 Å². The molecule has 0 aromatic carbocycles. The molecule has 16 heavy (non-hydrogen) atoms. The van der Waals surface area contributed by atoms with Crippen molar-refractivity contribution in [2.24, 2.45) is 5.92 Å². The minimum atomic E-state index is 0.882. The van der Waals surface area contributed by atoms with Crippen LogP contribution in [0.2, 0.25) is 0 Å². The van der Waals surface area contributed by atoms with Crippen LogP contribution in [-0.2, 0) is 13.0 Å². The fourth-order valence-corrected chi connectivity index (χ4v) is 2.52. The summed E-state index contributed by atoms with van der Waals surface area (Å²) in [5.41, 5.74) is 0. The van der Waals surface area contributed by atoms with Crippen LogP contribution in [0.4, 0.5) is 0 Å². The Kier molecular flexibility index (Phi) is 4.46. The summed E-state index contributed by atoms with van der Waals surface area (Å²) in [4.78, 5) is 0. The second kappa shape index (κ2) is 6.09. The van der Waals surface area contributed by atoms with Crippen molar-refractivity contribution in [1.82, 2.24) is 5.32 Å². The molecule has 0 radical (unpaired) electrons. The molecule has 1 aromatic rings. The maximum absolute atomic E-state index is 5.64. The average molecular weight is 221 g/mol. The Balaban J connectivity index is 1.60. The van der Waals surface area contributed by atoms with Crippen molar-refractivity contribution < 1.29 is 4.42 Å². The molecule has 1 fully saturated rings. The third kappa shape index (κ3) is 3.38. The van der Waals surface area contributed by atoms with Gasteiger partial charge in [-0.2, -0.15) is 0 Å². The van der Waals surface area contributed by atoms with E-state index < -0.39 is 0 Å². The molecule has 2 heteroatoms. The highest BCUT2D eigenvalue weighted by molar-refractivity contribution is 5.06. The van der Waals surface area contributed by atoms with Gasteiger partial charge in [0, 0.05) is 6.42 Å². The molecular formula is C14H23NO. The topological polar surface area (TPSA) is 25.2 Å². The fourth-order valence-electron chi connectivity index (χ4n) is 2.52. The van der Waals surface area contributed by atoms with E-state index in [4.69, 9.17) is 4.42 Å². The van der Waals surface area contributed by atoms with Crippen molar-refractivity contribution in [2.75, 3.05) is 6.54 Å². The molecule has 0 unspecified atom stereocenters. The minimum Gasteiger partial charge on any atom is -0.465 e. The molecule has 0 amide bonds. The Morgan fingerprint density at radius 3 is 2.69 bits per heavy atom. The Labute approximate surface area is 98.4 Å². The standard InChI is InChI=1S/C14H23NO/c1-2-13-7-8-14(16-13)11-15-10-9-12-5-3-4-6-12/h7-8,12,15H,2-6,9-11H2,1H3. The predicted octanol–water partition coefficient (Wildman–Crippen LogP) is 3.51. The molecule has 0 spiro atoms. The molecule has 1 aromatic heterocycles. The first-order valence-corrected chi connectivity index (χ1v) is 6.66. The SMILES string of the molecule is CCc1ccc(CNCCC2CCCC2)o1. The lowest BCUT2D eigenvalue weighted by molar-refractivity contribution is 0.431. The third-order valence-corrected chi connectivity index (χ3v) is 3.57. The van der Waals surface area contributed by atoms with Gasteiger partial charge in [0.1, 0.15) is 11.5 Å². The molecular weight excluding hydrogens is 198 g/mol. The number of aryl methyl sites for hydroxylation is 1. The maximum Gasteiger partial charge on any atom is 0.117 e. The Morgan fingerprint density at radius 2 is 2.00 bits per heavy atom. The summed E-state index contributed by atoms with van der Waals surface area (Å²) >= 11 is 0. The van der Waals surface area contributed by atoms with Crippen molar-refractivity contribution in [3.05, 3.63) is 23.7 Å². The van der Waals surface area contributed by atoms with Gasteiger partial charge in [-0.3, -0.25) is 0 Å². The summed E-state index contributed by atoms with van der Waals surface area (Å²) in [5, 5.41) is 3.47. The fraction of sp³-hybridized carbons (Fsp3) is 0.714. The van der Waals surface area contributed by atoms with Gasteiger partial charge in [-0.15, -0.1) is 0 Å². The summed E-state index contributed by atoms with van der Waals surface area (Å²) in [6, 6.07) is 4.16. The highest BCUT2D eigenvalue weighted by atomic mass is 16.3. The summed E-state index contributed by atoms with van der Waals surface area (Å²) in [6.07, 6.45) is 8.11. The van der Waals surface area contributed by atoms with E-state index in [-0.39, 0.29) is 0 Å². The van der Waals surface area contributed by atoms with Crippen LogP contribution in [0.15, 0.2) is 16.5 Å². The highest BCUT2D eigenvalue weighted by Crippen LogP contribution is 2.26. The lowest BCUT2D eigenvalue weighted by Crippen LogP contribution is -2.16. The van der Waals surface area contributed by atoms with Gasteiger partial charge in [0.05, 0.1) is 6.54 Å². The molecule has 0 bridgehead atoms. The van der Waals surface area contributed by atoms with Crippen LogP contribution in [-0.4, -0.2) is 6.54 Å². The molecule has 0 aliphatic heterocycles. The number of nitrogens with one attached hydrogen (secondary N) is 1. The molecule has 1 heterocycles. The molecule has 0 atom stereocenters. The highest BCUT2D eigenvalue weighted by Gasteiger charge is 2.13. The van der Waals surface area contributed by atoms with Crippen LogP contribution in [0.5, 0.6) is 0 Å². The first kappa shape index (κ1) is 11.7. The summed E-state index contributed by atoms with van der Waals surface area (Å²) < 4.78 is 5.64. The quantitative estimate of drug-likeness (QED) is 0.744. The zero-order chi connectivity index (χ0) is 11.2. The van der Waals surface area contributed by atoms with Crippen LogP contribution >= 0.6 is 0 Å². The number of rotatable bonds is 6.